The fraction of sp³-hybridized carbons (Fsp3) is 0.259. The summed E-state index contributed by atoms with van der Waals surface area (Å²) in [5.41, 5.74) is 6.49. The minimum absolute atomic E-state index is 0.0113. The Kier molecular flexibility index (Phi) is 5.91. The quantitative estimate of drug-likeness (QED) is 0.431. The monoisotopic (exact) mass is 502 g/mol. The van der Waals surface area contributed by atoms with Gasteiger partial charge in [-0.05, 0) is 59.7 Å². The Morgan fingerprint density at radius 1 is 1.06 bits per heavy atom. The van der Waals surface area contributed by atoms with Crippen LogP contribution in [0.5, 0.6) is 0 Å². The summed E-state index contributed by atoms with van der Waals surface area (Å²) in [6, 6.07) is 14.1. The molecule has 0 aromatic heterocycles. The van der Waals surface area contributed by atoms with Crippen LogP contribution in [-0.2, 0) is 6.54 Å². The van der Waals surface area contributed by atoms with Gasteiger partial charge in [0.2, 0.25) is 0 Å². The number of carbonyl (C=O) groups is 2. The van der Waals surface area contributed by atoms with E-state index in [9.17, 15) is 9.59 Å². The summed E-state index contributed by atoms with van der Waals surface area (Å²) in [5.74, 6) is 0.0436. The zero-order valence-electron chi connectivity index (χ0n) is 19.7. The molecule has 1 saturated heterocycles. The number of carbonyl (C=O) groups excluding carboxylic acids is 2. The zero-order chi connectivity index (χ0) is 24.6. The van der Waals surface area contributed by atoms with Gasteiger partial charge in [0.1, 0.15) is 6.17 Å². The third-order valence-corrected chi connectivity index (χ3v) is 7.43. The lowest BCUT2D eigenvalue weighted by molar-refractivity contribution is 0.0657. The summed E-state index contributed by atoms with van der Waals surface area (Å²) in [4.78, 5) is 31.0. The molecule has 2 aromatic rings. The first-order chi connectivity index (χ1) is 17.6. The molecule has 0 spiro atoms. The first-order valence-corrected chi connectivity index (χ1v) is 12.6. The van der Waals surface area contributed by atoms with Gasteiger partial charge in [0.15, 0.2) is 0 Å². The van der Waals surface area contributed by atoms with E-state index in [0.717, 1.165) is 46.9 Å². The third kappa shape index (κ3) is 4.12. The van der Waals surface area contributed by atoms with Crippen molar-refractivity contribution in [1.82, 2.24) is 25.3 Å². The molecule has 6 rings (SSSR count). The van der Waals surface area contributed by atoms with Gasteiger partial charge in [0.25, 0.3) is 11.8 Å². The van der Waals surface area contributed by atoms with Gasteiger partial charge in [-0.15, -0.1) is 11.6 Å². The van der Waals surface area contributed by atoms with Crippen LogP contribution in [-0.4, -0.2) is 64.9 Å². The number of benzene rings is 2. The first kappa shape index (κ1) is 22.7. The molecule has 4 aliphatic heterocycles. The number of hydrogen-bond acceptors (Lipinski definition) is 6. The van der Waals surface area contributed by atoms with Crippen LogP contribution in [0.4, 0.5) is 5.69 Å². The zero-order valence-corrected chi connectivity index (χ0v) is 20.5. The van der Waals surface area contributed by atoms with Crippen molar-refractivity contribution in [2.75, 3.05) is 37.5 Å². The molecule has 0 radical (unpaired) electrons. The van der Waals surface area contributed by atoms with Gasteiger partial charge in [0, 0.05) is 61.9 Å². The highest BCUT2D eigenvalue weighted by molar-refractivity contribution is 6.17. The molecule has 184 valence electrons. The van der Waals surface area contributed by atoms with Crippen LogP contribution < -0.4 is 16.0 Å². The second-order valence-corrected chi connectivity index (χ2v) is 9.49. The van der Waals surface area contributed by atoms with Gasteiger partial charge < -0.3 is 25.8 Å². The van der Waals surface area contributed by atoms with Gasteiger partial charge in [-0.25, -0.2) is 0 Å². The molecule has 8 nitrogen and oxygen atoms in total. The number of rotatable bonds is 5. The summed E-state index contributed by atoms with van der Waals surface area (Å²) in [6.45, 7) is 3.56. The third-order valence-electron chi connectivity index (χ3n) is 7.10. The predicted molar refractivity (Wildman–Crippen MR) is 140 cm³/mol. The van der Waals surface area contributed by atoms with Crippen LogP contribution in [0.15, 0.2) is 72.7 Å². The lowest BCUT2D eigenvalue weighted by atomic mass is 10.0. The Bertz CT molecular complexity index is 1290. The number of hydrogen-bond donors (Lipinski definition) is 3. The Morgan fingerprint density at radius 3 is 2.64 bits per heavy atom. The molecule has 4 aliphatic rings. The minimum Gasteiger partial charge on any atom is -0.365 e. The van der Waals surface area contributed by atoms with Crippen molar-refractivity contribution in [1.29, 1.82) is 0 Å². The minimum atomic E-state index is -0.0717. The molecular weight excluding hydrogens is 476 g/mol. The molecular formula is C27H27ClN6O2. The van der Waals surface area contributed by atoms with Crippen LogP contribution in [0.25, 0.3) is 5.70 Å². The number of anilines is 1. The fourth-order valence-corrected chi connectivity index (χ4v) is 5.29. The SMILES string of the molecule is O=C1NCc2cc(C3=CC=C(Nc4ccc(C(=O)N5CCN(CCl)CC5)cc4)C4NC=CN34)ccc21. The molecule has 0 aliphatic carbocycles. The summed E-state index contributed by atoms with van der Waals surface area (Å²) in [6.07, 6.45) is 8.04. The average Bonchev–Trinajstić information content (AvgIpc) is 3.56. The number of nitrogens with zero attached hydrogens (tertiary/aromatic N) is 3. The van der Waals surface area contributed by atoms with Gasteiger partial charge in [-0.2, -0.15) is 0 Å². The van der Waals surface area contributed by atoms with Crippen molar-refractivity contribution < 1.29 is 9.59 Å². The van der Waals surface area contributed by atoms with Gasteiger partial charge >= 0.3 is 0 Å². The number of halogens is 1. The highest BCUT2D eigenvalue weighted by Gasteiger charge is 2.30. The topological polar surface area (TPSA) is 80.0 Å². The molecule has 36 heavy (non-hydrogen) atoms. The van der Waals surface area contributed by atoms with Crippen LogP contribution in [0.3, 0.4) is 0 Å². The van der Waals surface area contributed by atoms with E-state index in [1.807, 2.05) is 53.7 Å². The van der Waals surface area contributed by atoms with Crippen molar-refractivity contribution in [3.05, 3.63) is 95.0 Å². The molecule has 9 heteroatoms. The smallest absolute Gasteiger partial charge is 0.253 e. The van der Waals surface area contributed by atoms with E-state index in [1.54, 1.807) is 0 Å². The highest BCUT2D eigenvalue weighted by Crippen LogP contribution is 2.33. The number of fused-ring (bicyclic) bond motifs is 2. The summed E-state index contributed by atoms with van der Waals surface area (Å²) in [7, 11) is 0. The Hall–Kier alpha value is -3.75. The van der Waals surface area contributed by atoms with E-state index in [4.69, 9.17) is 11.6 Å². The van der Waals surface area contributed by atoms with E-state index in [2.05, 4.69) is 44.0 Å². The van der Waals surface area contributed by atoms with E-state index in [-0.39, 0.29) is 18.0 Å². The van der Waals surface area contributed by atoms with Crippen molar-refractivity contribution >= 4 is 34.8 Å². The molecule has 0 saturated carbocycles. The second kappa shape index (κ2) is 9.37. The van der Waals surface area contributed by atoms with E-state index in [0.29, 0.717) is 31.2 Å². The van der Waals surface area contributed by atoms with Crippen molar-refractivity contribution in [3.63, 3.8) is 0 Å². The molecule has 1 atom stereocenters. The molecule has 4 heterocycles. The molecule has 2 aromatic carbocycles. The van der Waals surface area contributed by atoms with E-state index in [1.165, 1.54) is 0 Å². The van der Waals surface area contributed by atoms with E-state index < -0.39 is 0 Å². The summed E-state index contributed by atoms with van der Waals surface area (Å²) < 4.78 is 0. The van der Waals surface area contributed by atoms with Gasteiger partial charge in [-0.1, -0.05) is 6.07 Å². The predicted octanol–water partition coefficient (Wildman–Crippen LogP) is 2.94. The maximum atomic E-state index is 12.9. The first-order valence-electron chi connectivity index (χ1n) is 12.1. The lowest BCUT2D eigenvalue weighted by Crippen LogP contribution is -2.48. The van der Waals surface area contributed by atoms with Crippen LogP contribution in [0, 0.1) is 0 Å². The average molecular weight is 503 g/mol. The van der Waals surface area contributed by atoms with Crippen molar-refractivity contribution in [3.8, 4) is 0 Å². The molecule has 1 unspecified atom stereocenters. The number of allylic oxidation sites excluding steroid dienone is 2. The Morgan fingerprint density at radius 2 is 1.86 bits per heavy atom. The Balaban J connectivity index is 1.17. The number of piperazine rings is 1. The maximum Gasteiger partial charge on any atom is 0.253 e. The second-order valence-electron chi connectivity index (χ2n) is 9.25. The van der Waals surface area contributed by atoms with Crippen LogP contribution >= 0.6 is 11.6 Å². The summed E-state index contributed by atoms with van der Waals surface area (Å²) in [5, 5.41) is 9.78. The van der Waals surface area contributed by atoms with E-state index >= 15 is 0 Å². The highest BCUT2D eigenvalue weighted by atomic mass is 35.5. The number of amides is 2. The van der Waals surface area contributed by atoms with Crippen LogP contribution in [0.2, 0.25) is 0 Å². The van der Waals surface area contributed by atoms with Crippen molar-refractivity contribution in [2.45, 2.75) is 12.7 Å². The lowest BCUT2D eigenvalue weighted by Gasteiger charge is -2.34. The molecule has 1 fully saturated rings. The summed E-state index contributed by atoms with van der Waals surface area (Å²) >= 11 is 5.90. The van der Waals surface area contributed by atoms with Crippen molar-refractivity contribution in [2.24, 2.45) is 0 Å². The van der Waals surface area contributed by atoms with Gasteiger partial charge in [-0.3, -0.25) is 14.5 Å². The van der Waals surface area contributed by atoms with Crippen LogP contribution in [0.1, 0.15) is 31.8 Å². The Labute approximate surface area is 214 Å². The molecule has 2 amide bonds. The fourth-order valence-electron chi connectivity index (χ4n) is 5.05. The maximum absolute atomic E-state index is 12.9. The standard InChI is InChI=1S/C27H27ClN6O2/c28-17-32-11-13-33(14-12-32)27(36)18-1-4-21(5-2-18)31-23-7-8-24(34-10-9-29-25(23)34)19-3-6-22-20(15-19)16-30-26(22)35/h1-10,15,25,29,31H,11-14,16-17H2,(H,30,35). The molecule has 0 bridgehead atoms. The molecule has 3 N–H and O–H groups in total. The van der Waals surface area contributed by atoms with Gasteiger partial charge in [0.05, 0.1) is 17.4 Å². The largest absolute Gasteiger partial charge is 0.365 e. The number of alkyl halides is 1. The normalized spacial score (nSPS) is 20.8. The number of nitrogens with one attached hydrogen (secondary N) is 3.